The molecule has 0 spiro atoms. The maximum atomic E-state index is 11.6. The monoisotopic (exact) mass is 332 g/mol. The number of amides is 1. The number of ether oxygens (including phenoxy) is 2. The van der Waals surface area contributed by atoms with Crippen molar-refractivity contribution in [3.8, 4) is 22.8 Å². The van der Waals surface area contributed by atoms with E-state index in [9.17, 15) is 4.79 Å². The van der Waals surface area contributed by atoms with Crippen LogP contribution < -0.4 is 20.5 Å². The second-order valence-electron chi connectivity index (χ2n) is 5.78. The summed E-state index contributed by atoms with van der Waals surface area (Å²) in [6.07, 6.45) is 0. The average Bonchev–Trinajstić information content (AvgIpc) is 2.94. The summed E-state index contributed by atoms with van der Waals surface area (Å²) in [6, 6.07) is 7.39. The van der Waals surface area contributed by atoms with Crippen molar-refractivity contribution < 1.29 is 14.3 Å². The Morgan fingerprint density at radius 3 is 2.42 bits per heavy atom. The van der Waals surface area contributed by atoms with Gasteiger partial charge in [0, 0.05) is 12.6 Å². The fourth-order valence-corrected chi connectivity index (χ4v) is 2.46. The molecule has 24 heavy (non-hydrogen) atoms. The summed E-state index contributed by atoms with van der Waals surface area (Å²) in [4.78, 5) is 11.6. The number of anilines is 1. The minimum Gasteiger partial charge on any atom is -0.496 e. The number of nitrogens with one attached hydrogen (secondary N) is 1. The van der Waals surface area contributed by atoms with E-state index >= 15 is 0 Å². The summed E-state index contributed by atoms with van der Waals surface area (Å²) in [6.45, 7) is 4.80. The van der Waals surface area contributed by atoms with Crippen molar-refractivity contribution in [3.05, 3.63) is 24.3 Å². The molecule has 2 rings (SSSR count). The fraction of sp³-hybridized carbons (Fsp3) is 0.412. The Hall–Kier alpha value is -2.54. The fourth-order valence-electron chi connectivity index (χ4n) is 2.46. The zero-order valence-corrected chi connectivity index (χ0v) is 14.5. The SMILES string of the molecule is COc1cccc(OC)c1-c1cc(NC(=O)CN)nn1CC(C)C. The Kier molecular flexibility index (Phi) is 5.81. The van der Waals surface area contributed by atoms with Gasteiger partial charge in [-0.1, -0.05) is 19.9 Å². The maximum Gasteiger partial charge on any atom is 0.239 e. The topological polar surface area (TPSA) is 91.4 Å². The number of rotatable bonds is 7. The molecule has 0 unspecified atom stereocenters. The van der Waals surface area contributed by atoms with Gasteiger partial charge in [0.05, 0.1) is 32.0 Å². The molecule has 3 N–H and O–H groups in total. The van der Waals surface area contributed by atoms with Gasteiger partial charge in [0.1, 0.15) is 11.5 Å². The lowest BCUT2D eigenvalue weighted by atomic mass is 10.1. The summed E-state index contributed by atoms with van der Waals surface area (Å²) in [7, 11) is 3.22. The first kappa shape index (κ1) is 17.8. The number of benzene rings is 1. The number of hydrogen-bond acceptors (Lipinski definition) is 5. The smallest absolute Gasteiger partial charge is 0.239 e. The Morgan fingerprint density at radius 1 is 1.29 bits per heavy atom. The van der Waals surface area contributed by atoms with E-state index in [4.69, 9.17) is 15.2 Å². The molecular formula is C17H24N4O3. The Labute approximate surface area is 141 Å². The highest BCUT2D eigenvalue weighted by Crippen LogP contribution is 2.39. The summed E-state index contributed by atoms with van der Waals surface area (Å²) < 4.78 is 12.8. The van der Waals surface area contributed by atoms with Gasteiger partial charge in [-0.05, 0) is 18.1 Å². The van der Waals surface area contributed by atoms with Crippen molar-refractivity contribution in [1.29, 1.82) is 0 Å². The highest BCUT2D eigenvalue weighted by Gasteiger charge is 2.19. The molecule has 2 aromatic rings. The number of methoxy groups -OCH3 is 2. The standard InChI is InChI=1S/C17H24N4O3/c1-11(2)10-21-12(8-15(20-21)19-16(22)9-18)17-13(23-3)6-5-7-14(17)24-4/h5-8,11H,9-10,18H2,1-4H3,(H,19,20,22). The van der Waals surface area contributed by atoms with Gasteiger partial charge in [-0.25, -0.2) is 0 Å². The quantitative estimate of drug-likeness (QED) is 0.810. The van der Waals surface area contributed by atoms with Crippen LogP contribution in [0.3, 0.4) is 0 Å². The van der Waals surface area contributed by atoms with E-state index in [1.54, 1.807) is 20.3 Å². The molecule has 0 aliphatic rings. The highest BCUT2D eigenvalue weighted by atomic mass is 16.5. The number of nitrogens with two attached hydrogens (primary N) is 1. The second kappa shape index (κ2) is 7.83. The molecule has 0 aliphatic carbocycles. The van der Waals surface area contributed by atoms with Gasteiger partial charge in [0.15, 0.2) is 5.82 Å². The van der Waals surface area contributed by atoms with Crippen LogP contribution in [0.1, 0.15) is 13.8 Å². The predicted molar refractivity (Wildman–Crippen MR) is 93.3 cm³/mol. The predicted octanol–water partition coefficient (Wildman–Crippen LogP) is 2.12. The number of aromatic nitrogens is 2. The zero-order chi connectivity index (χ0) is 17.7. The summed E-state index contributed by atoms with van der Waals surface area (Å²) in [5, 5.41) is 7.18. The molecule has 0 aliphatic heterocycles. The van der Waals surface area contributed by atoms with E-state index in [0.717, 1.165) is 11.3 Å². The largest absolute Gasteiger partial charge is 0.496 e. The van der Waals surface area contributed by atoms with Crippen molar-refractivity contribution in [3.63, 3.8) is 0 Å². The molecule has 0 saturated carbocycles. The summed E-state index contributed by atoms with van der Waals surface area (Å²) >= 11 is 0. The lowest BCUT2D eigenvalue weighted by Gasteiger charge is -2.15. The molecule has 130 valence electrons. The van der Waals surface area contributed by atoms with Gasteiger partial charge in [0.25, 0.3) is 0 Å². The Morgan fingerprint density at radius 2 is 1.92 bits per heavy atom. The van der Waals surface area contributed by atoms with Crippen LogP contribution >= 0.6 is 0 Å². The van der Waals surface area contributed by atoms with Crippen LogP contribution in [0.25, 0.3) is 11.3 Å². The molecule has 0 atom stereocenters. The van der Waals surface area contributed by atoms with Gasteiger partial charge in [-0.2, -0.15) is 5.10 Å². The minimum atomic E-state index is -0.289. The van der Waals surface area contributed by atoms with Crippen LogP contribution in [0.2, 0.25) is 0 Å². The van der Waals surface area contributed by atoms with Crippen molar-refractivity contribution in [2.75, 3.05) is 26.1 Å². The number of carbonyl (C=O) groups is 1. The van der Waals surface area contributed by atoms with Gasteiger partial charge >= 0.3 is 0 Å². The average molecular weight is 332 g/mol. The van der Waals surface area contributed by atoms with Crippen LogP contribution in [0.15, 0.2) is 24.3 Å². The second-order valence-corrected chi connectivity index (χ2v) is 5.78. The molecule has 1 aromatic heterocycles. The van der Waals surface area contributed by atoms with Crippen molar-refractivity contribution in [2.24, 2.45) is 11.7 Å². The first-order valence-corrected chi connectivity index (χ1v) is 7.79. The minimum absolute atomic E-state index is 0.0929. The maximum absolute atomic E-state index is 11.6. The van der Waals surface area contributed by atoms with Crippen molar-refractivity contribution in [2.45, 2.75) is 20.4 Å². The van der Waals surface area contributed by atoms with Crippen LogP contribution in [-0.4, -0.2) is 36.5 Å². The molecule has 0 bridgehead atoms. The molecule has 0 saturated heterocycles. The first-order valence-electron chi connectivity index (χ1n) is 7.79. The van der Waals surface area contributed by atoms with Crippen LogP contribution in [0.5, 0.6) is 11.5 Å². The van der Waals surface area contributed by atoms with Crippen molar-refractivity contribution >= 4 is 11.7 Å². The molecule has 1 heterocycles. The third-order valence-corrected chi connectivity index (χ3v) is 3.45. The van der Waals surface area contributed by atoms with E-state index < -0.39 is 0 Å². The van der Waals surface area contributed by atoms with Gasteiger partial charge in [-0.3, -0.25) is 9.48 Å². The summed E-state index contributed by atoms with van der Waals surface area (Å²) in [5.41, 5.74) is 6.97. The van der Waals surface area contributed by atoms with Crippen LogP contribution in [0.4, 0.5) is 5.82 Å². The summed E-state index contributed by atoms with van der Waals surface area (Å²) in [5.74, 6) is 1.89. The molecule has 1 aromatic carbocycles. The van der Waals surface area contributed by atoms with Crippen LogP contribution in [0, 0.1) is 5.92 Å². The van der Waals surface area contributed by atoms with E-state index in [2.05, 4.69) is 24.3 Å². The third kappa shape index (κ3) is 3.86. The van der Waals surface area contributed by atoms with Gasteiger partial charge in [0.2, 0.25) is 5.91 Å². The molecule has 7 nitrogen and oxygen atoms in total. The van der Waals surface area contributed by atoms with Crippen LogP contribution in [-0.2, 0) is 11.3 Å². The van der Waals surface area contributed by atoms with Gasteiger partial charge in [-0.15, -0.1) is 0 Å². The van der Waals surface area contributed by atoms with Crippen molar-refractivity contribution in [1.82, 2.24) is 9.78 Å². The van der Waals surface area contributed by atoms with E-state index in [0.29, 0.717) is 29.8 Å². The molecule has 0 radical (unpaired) electrons. The highest BCUT2D eigenvalue weighted by molar-refractivity contribution is 5.92. The lowest BCUT2D eigenvalue weighted by Crippen LogP contribution is -2.22. The molecule has 7 heteroatoms. The Balaban J connectivity index is 2.57. The number of carbonyl (C=O) groups excluding carboxylic acids is 1. The molecule has 1 amide bonds. The lowest BCUT2D eigenvalue weighted by molar-refractivity contribution is -0.114. The zero-order valence-electron chi connectivity index (χ0n) is 14.5. The van der Waals surface area contributed by atoms with Gasteiger partial charge < -0.3 is 20.5 Å². The van der Waals surface area contributed by atoms with E-state index in [1.807, 2.05) is 22.9 Å². The number of hydrogen-bond donors (Lipinski definition) is 2. The van der Waals surface area contributed by atoms with E-state index in [1.165, 1.54) is 0 Å². The number of nitrogens with zero attached hydrogens (tertiary/aromatic N) is 2. The molecule has 0 fully saturated rings. The first-order chi connectivity index (χ1) is 11.5. The third-order valence-electron chi connectivity index (χ3n) is 3.45. The van der Waals surface area contributed by atoms with E-state index in [-0.39, 0.29) is 12.5 Å². The normalized spacial score (nSPS) is 10.8. The Bertz CT molecular complexity index is 688. The molecular weight excluding hydrogens is 308 g/mol.